The Labute approximate surface area is 179 Å². The van der Waals surface area contributed by atoms with Crippen LogP contribution in [0.2, 0.25) is 0 Å². The van der Waals surface area contributed by atoms with Gasteiger partial charge in [0.2, 0.25) is 0 Å². The van der Waals surface area contributed by atoms with Gasteiger partial charge in [0, 0.05) is 17.9 Å². The van der Waals surface area contributed by atoms with Gasteiger partial charge in [-0.2, -0.15) is 0 Å². The molecule has 0 N–H and O–H groups in total. The molecule has 150 valence electrons. The molecule has 4 aromatic rings. The first-order valence-corrected chi connectivity index (χ1v) is 10.3. The van der Waals surface area contributed by atoms with Crippen molar-refractivity contribution in [3.8, 4) is 16.9 Å². The lowest BCUT2D eigenvalue weighted by Crippen LogP contribution is -2.16. The van der Waals surface area contributed by atoms with Crippen molar-refractivity contribution in [3.63, 3.8) is 0 Å². The molecule has 0 radical (unpaired) electrons. The third kappa shape index (κ3) is 4.55. The predicted molar refractivity (Wildman–Crippen MR) is 127 cm³/mol. The van der Waals surface area contributed by atoms with Crippen molar-refractivity contribution in [1.29, 1.82) is 0 Å². The van der Waals surface area contributed by atoms with E-state index in [4.69, 9.17) is 4.74 Å². The van der Waals surface area contributed by atoms with E-state index in [9.17, 15) is 0 Å². The zero-order chi connectivity index (χ0) is 20.9. The van der Waals surface area contributed by atoms with Crippen LogP contribution in [0.5, 0.6) is 5.75 Å². The lowest BCUT2D eigenvalue weighted by atomic mass is 10.0. The summed E-state index contributed by atoms with van der Waals surface area (Å²) < 4.78 is 5.27. The van der Waals surface area contributed by atoms with E-state index in [1.165, 1.54) is 39.2 Å². The number of methoxy groups -OCH3 is 1. The minimum atomic E-state index is 0.825. The van der Waals surface area contributed by atoms with Crippen molar-refractivity contribution in [2.45, 2.75) is 20.4 Å². The standard InChI is InChI=1S/C28H27NO/c1-21-4-8-23(9-5-21)20-29(26-14-6-22(2)7-15-26)27-16-10-24(11-17-27)25-12-18-28(30-3)19-13-25/h4-19H,20H2,1-3H3. The molecule has 0 saturated heterocycles. The van der Waals surface area contributed by atoms with Crippen molar-refractivity contribution < 1.29 is 4.74 Å². The van der Waals surface area contributed by atoms with E-state index in [1.54, 1.807) is 7.11 Å². The summed E-state index contributed by atoms with van der Waals surface area (Å²) >= 11 is 0. The molecule has 0 aliphatic carbocycles. The second-order valence-corrected chi connectivity index (χ2v) is 7.68. The number of rotatable bonds is 6. The van der Waals surface area contributed by atoms with E-state index >= 15 is 0 Å². The minimum absolute atomic E-state index is 0.825. The molecular formula is C28H27NO. The highest BCUT2D eigenvalue weighted by Gasteiger charge is 2.11. The van der Waals surface area contributed by atoms with E-state index < -0.39 is 0 Å². The van der Waals surface area contributed by atoms with Crippen LogP contribution in [-0.2, 0) is 6.54 Å². The fraction of sp³-hybridized carbons (Fsp3) is 0.143. The summed E-state index contributed by atoms with van der Waals surface area (Å²) in [4.78, 5) is 2.36. The van der Waals surface area contributed by atoms with Gasteiger partial charge in [-0.15, -0.1) is 0 Å². The molecule has 0 spiro atoms. The molecule has 0 saturated carbocycles. The molecule has 2 nitrogen and oxygen atoms in total. The van der Waals surface area contributed by atoms with Gasteiger partial charge in [0.15, 0.2) is 0 Å². The topological polar surface area (TPSA) is 12.5 Å². The summed E-state index contributed by atoms with van der Waals surface area (Å²) in [7, 11) is 1.69. The summed E-state index contributed by atoms with van der Waals surface area (Å²) in [5.74, 6) is 0.874. The Kier molecular flexibility index (Phi) is 5.85. The second-order valence-electron chi connectivity index (χ2n) is 7.68. The maximum absolute atomic E-state index is 5.27. The van der Waals surface area contributed by atoms with Crippen LogP contribution in [0.1, 0.15) is 16.7 Å². The molecule has 4 aromatic carbocycles. The van der Waals surface area contributed by atoms with Gasteiger partial charge in [-0.1, -0.05) is 71.8 Å². The molecule has 30 heavy (non-hydrogen) atoms. The van der Waals surface area contributed by atoms with Gasteiger partial charge < -0.3 is 9.64 Å². The normalized spacial score (nSPS) is 10.6. The lowest BCUT2D eigenvalue weighted by molar-refractivity contribution is 0.415. The SMILES string of the molecule is COc1ccc(-c2ccc(N(Cc3ccc(C)cc3)c3ccc(C)cc3)cc2)cc1. The Bertz CT molecular complexity index is 1080. The summed E-state index contributed by atoms with van der Waals surface area (Å²) in [5, 5.41) is 0. The zero-order valence-electron chi connectivity index (χ0n) is 17.8. The van der Waals surface area contributed by atoms with Gasteiger partial charge in [-0.3, -0.25) is 0 Å². The Hall–Kier alpha value is -3.52. The quantitative estimate of drug-likeness (QED) is 0.340. The number of nitrogens with zero attached hydrogens (tertiary/aromatic N) is 1. The molecule has 4 rings (SSSR count). The van der Waals surface area contributed by atoms with E-state index in [0.717, 1.165) is 12.3 Å². The van der Waals surface area contributed by atoms with Gasteiger partial charge >= 0.3 is 0 Å². The van der Waals surface area contributed by atoms with Crippen LogP contribution < -0.4 is 9.64 Å². The highest BCUT2D eigenvalue weighted by Crippen LogP contribution is 2.31. The van der Waals surface area contributed by atoms with Crippen LogP contribution in [0.25, 0.3) is 11.1 Å². The summed E-state index contributed by atoms with van der Waals surface area (Å²) in [6.07, 6.45) is 0. The van der Waals surface area contributed by atoms with Gasteiger partial charge in [0.1, 0.15) is 5.75 Å². The molecule has 0 heterocycles. The van der Waals surface area contributed by atoms with Crippen molar-refractivity contribution in [3.05, 3.63) is 114 Å². The molecule has 0 amide bonds. The Morgan fingerprint density at radius 3 is 1.50 bits per heavy atom. The largest absolute Gasteiger partial charge is 0.497 e. The number of hydrogen-bond acceptors (Lipinski definition) is 2. The number of benzene rings is 4. The fourth-order valence-corrected chi connectivity index (χ4v) is 3.55. The highest BCUT2D eigenvalue weighted by atomic mass is 16.5. The van der Waals surface area contributed by atoms with E-state index in [-0.39, 0.29) is 0 Å². The third-order valence-electron chi connectivity index (χ3n) is 5.41. The first-order valence-electron chi connectivity index (χ1n) is 10.3. The maximum Gasteiger partial charge on any atom is 0.118 e. The van der Waals surface area contributed by atoms with E-state index in [2.05, 4.69) is 104 Å². The number of aryl methyl sites for hydroxylation is 2. The average Bonchev–Trinajstić information content (AvgIpc) is 2.80. The first kappa shape index (κ1) is 19.8. The van der Waals surface area contributed by atoms with Crippen LogP contribution in [-0.4, -0.2) is 7.11 Å². The van der Waals surface area contributed by atoms with Crippen molar-refractivity contribution in [2.24, 2.45) is 0 Å². The molecule has 0 aromatic heterocycles. The zero-order valence-corrected chi connectivity index (χ0v) is 17.8. The van der Waals surface area contributed by atoms with Crippen molar-refractivity contribution >= 4 is 11.4 Å². The molecular weight excluding hydrogens is 366 g/mol. The molecule has 2 heteroatoms. The van der Waals surface area contributed by atoms with Gasteiger partial charge in [-0.25, -0.2) is 0 Å². The van der Waals surface area contributed by atoms with E-state index in [1.807, 2.05) is 12.1 Å². The minimum Gasteiger partial charge on any atom is -0.497 e. The molecule has 0 aliphatic rings. The molecule has 0 aliphatic heterocycles. The smallest absolute Gasteiger partial charge is 0.118 e. The van der Waals surface area contributed by atoms with Crippen LogP contribution in [0.3, 0.4) is 0 Å². The van der Waals surface area contributed by atoms with Crippen LogP contribution in [0.15, 0.2) is 97.1 Å². The molecule has 0 unspecified atom stereocenters. The lowest BCUT2D eigenvalue weighted by Gasteiger charge is -2.26. The van der Waals surface area contributed by atoms with Crippen LogP contribution in [0.4, 0.5) is 11.4 Å². The Morgan fingerprint density at radius 2 is 1.00 bits per heavy atom. The average molecular weight is 394 g/mol. The van der Waals surface area contributed by atoms with Gasteiger partial charge in [0.25, 0.3) is 0 Å². The molecule has 0 fully saturated rings. The first-order chi connectivity index (χ1) is 14.6. The Morgan fingerprint density at radius 1 is 0.567 bits per heavy atom. The Balaban J connectivity index is 1.65. The maximum atomic E-state index is 5.27. The monoisotopic (exact) mass is 393 g/mol. The number of hydrogen-bond donors (Lipinski definition) is 0. The van der Waals surface area contributed by atoms with Crippen LogP contribution in [0, 0.1) is 13.8 Å². The summed E-state index contributed by atoms with van der Waals surface area (Å²) in [5.41, 5.74) is 8.59. The van der Waals surface area contributed by atoms with Crippen LogP contribution >= 0.6 is 0 Å². The number of anilines is 2. The fourth-order valence-electron chi connectivity index (χ4n) is 3.55. The van der Waals surface area contributed by atoms with E-state index in [0.29, 0.717) is 0 Å². The predicted octanol–water partition coefficient (Wildman–Crippen LogP) is 7.32. The molecule has 0 bridgehead atoms. The number of ether oxygens (including phenoxy) is 1. The highest BCUT2D eigenvalue weighted by molar-refractivity contribution is 5.70. The second kappa shape index (κ2) is 8.87. The van der Waals surface area contributed by atoms with Crippen molar-refractivity contribution in [1.82, 2.24) is 0 Å². The van der Waals surface area contributed by atoms with Gasteiger partial charge in [-0.05, 0) is 66.9 Å². The summed E-state index contributed by atoms with van der Waals surface area (Å²) in [6.45, 7) is 5.07. The molecule has 0 atom stereocenters. The summed E-state index contributed by atoms with van der Waals surface area (Å²) in [6, 6.07) is 34.5. The van der Waals surface area contributed by atoms with Crippen molar-refractivity contribution in [2.75, 3.05) is 12.0 Å². The van der Waals surface area contributed by atoms with Gasteiger partial charge in [0.05, 0.1) is 7.11 Å². The third-order valence-corrected chi connectivity index (χ3v) is 5.41.